The molecule has 0 aliphatic carbocycles. The van der Waals surface area contributed by atoms with Crippen molar-refractivity contribution in [3.05, 3.63) is 370 Å². The standard InChI is InChI=1S/C56H64N2.C42H45N.C39H47N/c1-52(2,3)36-24-26-44-42(33-36)43-34-37(53(4,5)6)25-27-45(43)58(44)48-29-28-47-50(51(48)56(13,14)15)49-41(35-20-17-16-18-21-35)22-19-23-46(49)57(47)40-31-38(54(7,8)9)30-39(32-40)55(10,11)12;1-40(2,3)30-25-31(41(4,5)6)27-32(26-30)43-35-22-16-21-33(28-17-12-10-13-18-28)37(35)38-36(43)24-23-34(39(38)42(7,8)9)29-19-14-11-15-20-29;1-25(2)30-20-21-33-35(36(30)39(9,10)11)34-31(26-16-13-12-14-17-26)18-15-19-32(34)40(33)29-23-27(37(3,4)5)22-28(24-29)38(6,7)8/h16-34H,1-15H3;10-27H,1-9H3;12-25H,1-11H3/i;10D,12D,13D,17D,18D;12D,13D,14D,16D,17D. The summed E-state index contributed by atoms with van der Waals surface area (Å²) in [5, 5.41) is 9.16. The summed E-state index contributed by atoms with van der Waals surface area (Å²) in [4.78, 5) is 0. The van der Waals surface area contributed by atoms with Crippen LogP contribution in [0.25, 0.3) is 154 Å². The molecule has 0 amide bonds. The highest BCUT2D eigenvalue weighted by atomic mass is 15.0. The zero-order valence-corrected chi connectivity index (χ0v) is 91.0. The lowest BCUT2D eigenvalue weighted by Gasteiger charge is -2.27. The molecule has 4 nitrogen and oxygen atoms in total. The number of rotatable bonds is 9. The van der Waals surface area contributed by atoms with E-state index in [4.69, 9.17) is 13.7 Å². The number of aromatic nitrogens is 4. The van der Waals surface area contributed by atoms with Crippen molar-refractivity contribution in [2.75, 3.05) is 0 Å². The molecular formula is C137H156N4. The predicted molar refractivity (Wildman–Crippen MR) is 618 cm³/mol. The quantitative estimate of drug-likeness (QED) is 0.137. The second kappa shape index (κ2) is 35.9. The van der Waals surface area contributed by atoms with Gasteiger partial charge < -0.3 is 18.3 Å². The lowest BCUT2D eigenvalue weighted by atomic mass is 9.77. The summed E-state index contributed by atoms with van der Waals surface area (Å²) in [6, 6.07) is 86.7. The Morgan fingerprint density at radius 1 is 0.199 bits per heavy atom. The third-order valence-electron chi connectivity index (χ3n) is 28.9. The maximum absolute atomic E-state index is 8.99. The molecule has 0 N–H and O–H groups in total. The second-order valence-corrected chi connectivity index (χ2v) is 51.5. The van der Waals surface area contributed by atoms with Crippen LogP contribution in [0, 0.1) is 0 Å². The minimum absolute atomic E-state index is 0.00997. The molecule has 0 aliphatic rings. The van der Waals surface area contributed by atoms with Gasteiger partial charge in [0.05, 0.1) is 63.5 Å². The maximum Gasteiger partial charge on any atom is 0.0629 e. The van der Waals surface area contributed by atoms with E-state index < -0.39 is 0 Å². The molecule has 0 aliphatic heterocycles. The lowest BCUT2D eigenvalue weighted by molar-refractivity contribution is 0.567. The molecule has 4 heterocycles. The fourth-order valence-corrected chi connectivity index (χ4v) is 21.2. The summed E-state index contributed by atoms with van der Waals surface area (Å²) in [5.41, 5.74) is 34.3. The maximum atomic E-state index is 8.99. The Kier molecular flexibility index (Phi) is 22.3. The van der Waals surface area contributed by atoms with Crippen molar-refractivity contribution in [3.8, 4) is 67.3 Å². The first-order valence-corrected chi connectivity index (χ1v) is 51.1. The van der Waals surface area contributed by atoms with Gasteiger partial charge in [-0.15, -0.1) is 0 Å². The predicted octanol–water partition coefficient (Wildman–Crippen LogP) is 39.5. The van der Waals surface area contributed by atoms with Gasteiger partial charge in [-0.3, -0.25) is 0 Å². The summed E-state index contributed by atoms with van der Waals surface area (Å²) in [6.45, 7) is 79.9. The van der Waals surface area contributed by atoms with Crippen LogP contribution in [0.2, 0.25) is 0 Å². The van der Waals surface area contributed by atoms with Crippen LogP contribution in [0.5, 0.6) is 0 Å². The van der Waals surface area contributed by atoms with E-state index in [-0.39, 0.29) is 137 Å². The molecule has 4 heteroatoms. The number of benzene rings is 15. The van der Waals surface area contributed by atoms with Gasteiger partial charge in [-0.2, -0.15) is 0 Å². The number of fused-ring (bicyclic) bond motifs is 12. The zero-order chi connectivity index (χ0) is 111. The molecule has 0 bridgehead atoms. The van der Waals surface area contributed by atoms with E-state index in [0.717, 1.165) is 71.7 Å². The highest BCUT2D eigenvalue weighted by Gasteiger charge is 2.36. The molecule has 0 atom stereocenters. The van der Waals surface area contributed by atoms with Gasteiger partial charge in [0.15, 0.2) is 0 Å². The van der Waals surface area contributed by atoms with E-state index in [1.807, 2.05) is 30.3 Å². The average Bonchev–Trinajstić information content (AvgIpc) is 1.55. The third kappa shape index (κ3) is 19.1. The number of hydrogen-bond donors (Lipinski definition) is 0. The summed E-state index contributed by atoms with van der Waals surface area (Å²) < 4.78 is 96.2. The number of nitrogens with zero attached hydrogens (tertiary/aromatic N) is 4. The Balaban J connectivity index is 0.000000155. The smallest absolute Gasteiger partial charge is 0.0629 e. The average molecular weight is 1870 g/mol. The van der Waals surface area contributed by atoms with Gasteiger partial charge in [-0.25, -0.2) is 0 Å². The zero-order valence-electron chi connectivity index (χ0n) is 101. The molecule has 0 fully saturated rings. The van der Waals surface area contributed by atoms with E-state index in [9.17, 15) is 0 Å². The van der Waals surface area contributed by atoms with Crippen LogP contribution in [0.4, 0.5) is 0 Å². The summed E-state index contributed by atoms with van der Waals surface area (Å²) in [7, 11) is 0. The summed E-state index contributed by atoms with van der Waals surface area (Å²) in [6.07, 6.45) is 0. The molecule has 0 unspecified atom stereocenters. The van der Waals surface area contributed by atoms with Crippen LogP contribution in [-0.4, -0.2) is 18.3 Å². The highest BCUT2D eigenvalue weighted by Crippen LogP contribution is 2.54. The highest BCUT2D eigenvalue weighted by molar-refractivity contribution is 6.22. The molecule has 0 saturated carbocycles. The van der Waals surface area contributed by atoms with Crippen LogP contribution in [0.15, 0.2) is 303 Å². The first kappa shape index (κ1) is 87.5. The van der Waals surface area contributed by atoms with Crippen LogP contribution in [-0.2, 0) is 59.6 Å². The SMILES string of the molecule is CC(C)(C)c1cc(-n2c3cccc(-c4ccccc4)c3c3c(C(C)(C)C)c(-n4c5ccc(C(C)(C)C)cc5c5cc(C(C)(C)C)ccc54)ccc32)cc(C(C)(C)C)c1.[2H]c1c([2H])c([2H])c(-c2cccc3c2c2c(C(C)(C)C)c(-c4ccccc4)ccc2n3-c2cc(C(C)(C)C)cc(C(C)(C)C)c2)c([2H])c1[2H].[2H]c1c([2H])c([2H])c(-c2cccc3c2c2c(C(C)(C)C)c(C(C)C)ccc2n3-c2cc(C(C)(C)C)cc(C(C)(C)C)c2)c([2H])c1[2H]. The largest absolute Gasteiger partial charge is 0.309 e. The van der Waals surface area contributed by atoms with E-state index in [1.54, 1.807) is 0 Å². The molecular weight excluding hydrogens is 1700 g/mol. The lowest BCUT2D eigenvalue weighted by Crippen LogP contribution is -2.17. The van der Waals surface area contributed by atoms with Gasteiger partial charge in [0.2, 0.25) is 0 Å². The molecule has 0 radical (unpaired) electrons. The van der Waals surface area contributed by atoms with Crippen molar-refractivity contribution >= 4 is 87.2 Å². The summed E-state index contributed by atoms with van der Waals surface area (Å²) >= 11 is 0. The normalized spacial score (nSPS) is 14.1. The summed E-state index contributed by atoms with van der Waals surface area (Å²) in [5.74, 6) is 0.270. The first-order chi connectivity index (χ1) is 69.9. The Morgan fingerprint density at radius 2 is 0.475 bits per heavy atom. The van der Waals surface area contributed by atoms with Crippen molar-refractivity contribution in [1.82, 2.24) is 18.3 Å². The Morgan fingerprint density at radius 3 is 0.787 bits per heavy atom. The topological polar surface area (TPSA) is 19.7 Å². The molecule has 0 spiro atoms. The molecule has 19 aromatic rings. The van der Waals surface area contributed by atoms with Crippen molar-refractivity contribution < 1.29 is 13.7 Å². The van der Waals surface area contributed by atoms with Crippen molar-refractivity contribution in [3.63, 3.8) is 0 Å². The van der Waals surface area contributed by atoms with E-state index >= 15 is 0 Å². The fourth-order valence-electron chi connectivity index (χ4n) is 21.2. The molecule has 0 saturated heterocycles. The number of hydrogen-bond acceptors (Lipinski definition) is 0. The van der Waals surface area contributed by atoms with Crippen molar-refractivity contribution in [2.45, 2.75) is 308 Å². The Bertz CT molecular complexity index is 8440. The molecule has 19 rings (SSSR count). The van der Waals surface area contributed by atoms with Crippen LogP contribution >= 0.6 is 0 Å². The minimum atomic E-state index is -0.390. The van der Waals surface area contributed by atoms with Gasteiger partial charge in [-0.05, 0) is 280 Å². The van der Waals surface area contributed by atoms with E-state index in [2.05, 4.69) is 473 Å². The van der Waals surface area contributed by atoms with Gasteiger partial charge >= 0.3 is 0 Å². The second-order valence-electron chi connectivity index (χ2n) is 51.5. The van der Waals surface area contributed by atoms with Crippen molar-refractivity contribution in [1.29, 1.82) is 0 Å². The van der Waals surface area contributed by atoms with E-state index in [1.165, 1.54) is 127 Å². The monoisotopic (exact) mass is 1870 g/mol. The van der Waals surface area contributed by atoms with Gasteiger partial charge in [0.1, 0.15) is 0 Å². The molecule has 15 aromatic carbocycles. The van der Waals surface area contributed by atoms with Gasteiger partial charge in [-0.1, -0.05) is 442 Å². The van der Waals surface area contributed by atoms with Crippen LogP contribution < -0.4 is 0 Å². The first-order valence-electron chi connectivity index (χ1n) is 56.1. The van der Waals surface area contributed by atoms with Crippen LogP contribution in [0.1, 0.15) is 329 Å². The third-order valence-corrected chi connectivity index (χ3v) is 28.9. The fraction of sp³-hybridized carbons (Fsp3) is 0.343. The molecule has 4 aromatic heterocycles. The molecule has 724 valence electrons. The van der Waals surface area contributed by atoms with Crippen LogP contribution in [0.3, 0.4) is 0 Å². The van der Waals surface area contributed by atoms with Gasteiger partial charge in [0.25, 0.3) is 0 Å². The van der Waals surface area contributed by atoms with Gasteiger partial charge in [0, 0.05) is 60.2 Å². The Labute approximate surface area is 858 Å². The minimum Gasteiger partial charge on any atom is -0.309 e. The van der Waals surface area contributed by atoms with Crippen molar-refractivity contribution in [2.24, 2.45) is 0 Å². The van der Waals surface area contributed by atoms with E-state index in [0.29, 0.717) is 11.1 Å². The molecule has 141 heavy (non-hydrogen) atoms. The Hall–Kier alpha value is -12.5.